The number of rotatable bonds is 0. The molecular formula is C8H6N2. The molecule has 2 aromatic rings. The van der Waals surface area contributed by atoms with Crippen LogP contribution in [0, 0.1) is 19.3 Å². The quantitative estimate of drug-likeness (QED) is 0.574. The van der Waals surface area contributed by atoms with Crippen molar-refractivity contribution in [3.63, 3.8) is 0 Å². The predicted octanol–water partition coefficient (Wildman–Crippen LogP) is 1.47. The van der Waals surface area contributed by atoms with Crippen LogP contribution < -0.4 is 0 Å². The van der Waals surface area contributed by atoms with Crippen LogP contribution in [0.4, 0.5) is 0 Å². The van der Waals surface area contributed by atoms with Crippen LogP contribution in [0.3, 0.4) is 0 Å². The molecule has 1 aromatic carbocycles. The van der Waals surface area contributed by atoms with E-state index in [1.54, 1.807) is 0 Å². The predicted molar refractivity (Wildman–Crippen MR) is 38.5 cm³/mol. The Hall–Kier alpha value is -1.31. The van der Waals surface area contributed by atoms with Crippen LogP contribution in [0.15, 0.2) is 12.1 Å². The number of nitrogens with zero attached hydrogens (tertiary/aromatic N) is 1. The van der Waals surface area contributed by atoms with Gasteiger partial charge >= 0.3 is 0 Å². The Labute approximate surface area is 58.9 Å². The molecular weight excluding hydrogens is 124 g/mol. The van der Waals surface area contributed by atoms with E-state index in [-0.39, 0.29) is 0 Å². The van der Waals surface area contributed by atoms with Crippen LogP contribution in [0.2, 0.25) is 0 Å². The molecule has 0 saturated heterocycles. The summed E-state index contributed by atoms with van der Waals surface area (Å²) < 4.78 is 0. The van der Waals surface area contributed by atoms with Gasteiger partial charge in [-0.25, -0.2) is 4.98 Å². The molecule has 0 saturated carbocycles. The molecule has 2 rings (SSSR count). The number of fused-ring (bicyclic) bond motifs is 1. The molecule has 0 aliphatic rings. The number of aromatic amines is 1. The SMILES string of the molecule is Cc1[c]ccc2[nH][c]nc12. The molecule has 0 aliphatic heterocycles. The van der Waals surface area contributed by atoms with E-state index >= 15 is 0 Å². The van der Waals surface area contributed by atoms with Crippen molar-refractivity contribution in [3.05, 3.63) is 30.1 Å². The zero-order valence-corrected chi connectivity index (χ0v) is 5.60. The first-order valence-electron chi connectivity index (χ1n) is 3.11. The van der Waals surface area contributed by atoms with E-state index in [9.17, 15) is 0 Å². The number of benzene rings is 1. The highest BCUT2D eigenvalue weighted by Gasteiger charge is 1.96. The summed E-state index contributed by atoms with van der Waals surface area (Å²) in [5.41, 5.74) is 3.05. The van der Waals surface area contributed by atoms with Crippen LogP contribution in [0.25, 0.3) is 11.0 Å². The highest BCUT2D eigenvalue weighted by Crippen LogP contribution is 2.11. The highest BCUT2D eigenvalue weighted by atomic mass is 14.9. The fourth-order valence-electron chi connectivity index (χ4n) is 0.988. The van der Waals surface area contributed by atoms with Crippen molar-refractivity contribution in [2.24, 2.45) is 0 Å². The van der Waals surface area contributed by atoms with Gasteiger partial charge in [-0.1, -0.05) is 6.07 Å². The van der Waals surface area contributed by atoms with Gasteiger partial charge in [-0.15, -0.1) is 0 Å². The minimum Gasteiger partial charge on any atom is -0.335 e. The van der Waals surface area contributed by atoms with Crippen molar-refractivity contribution in [1.82, 2.24) is 9.97 Å². The van der Waals surface area contributed by atoms with Crippen molar-refractivity contribution < 1.29 is 0 Å². The smallest absolute Gasteiger partial charge is 0.174 e. The molecule has 2 heteroatoms. The Balaban J connectivity index is 2.95. The molecule has 1 aromatic heterocycles. The van der Waals surface area contributed by atoms with Gasteiger partial charge in [-0.05, 0) is 24.6 Å². The standard InChI is InChI=1S/C8H6N2/c1-6-3-2-4-7-8(6)10-5-9-7/h2,4H,1H3,(H,9,10). The van der Waals surface area contributed by atoms with E-state index < -0.39 is 0 Å². The average molecular weight is 130 g/mol. The Morgan fingerprint density at radius 3 is 3.30 bits per heavy atom. The zero-order chi connectivity index (χ0) is 6.97. The number of nitrogens with one attached hydrogen (secondary N) is 1. The molecule has 2 radical (unpaired) electrons. The minimum absolute atomic E-state index is 0.961. The molecule has 48 valence electrons. The topological polar surface area (TPSA) is 28.7 Å². The first-order chi connectivity index (χ1) is 4.88. The fraction of sp³-hybridized carbons (Fsp3) is 0.125. The Kier molecular flexibility index (Phi) is 1.01. The van der Waals surface area contributed by atoms with Gasteiger partial charge in [-0.2, -0.15) is 0 Å². The second-order valence-corrected chi connectivity index (χ2v) is 2.21. The molecule has 0 spiro atoms. The number of aryl methyl sites for hydroxylation is 1. The van der Waals surface area contributed by atoms with Gasteiger partial charge < -0.3 is 4.98 Å². The lowest BCUT2D eigenvalue weighted by Crippen LogP contribution is -1.74. The summed E-state index contributed by atoms with van der Waals surface area (Å²) in [6.45, 7) is 1.98. The molecule has 0 atom stereocenters. The maximum absolute atomic E-state index is 4.01. The highest BCUT2D eigenvalue weighted by molar-refractivity contribution is 5.77. The average Bonchev–Trinajstić information content (AvgIpc) is 2.36. The lowest BCUT2D eigenvalue weighted by atomic mass is 10.2. The van der Waals surface area contributed by atoms with Crippen LogP contribution >= 0.6 is 0 Å². The summed E-state index contributed by atoms with van der Waals surface area (Å²) in [6.07, 6.45) is 2.68. The number of aromatic nitrogens is 2. The van der Waals surface area contributed by atoms with Gasteiger partial charge in [0, 0.05) is 0 Å². The fourth-order valence-corrected chi connectivity index (χ4v) is 0.988. The van der Waals surface area contributed by atoms with E-state index in [1.807, 2.05) is 19.1 Å². The van der Waals surface area contributed by atoms with Crippen LogP contribution in [0.5, 0.6) is 0 Å². The Morgan fingerprint density at radius 1 is 1.60 bits per heavy atom. The molecule has 0 fully saturated rings. The summed E-state index contributed by atoms with van der Waals surface area (Å²) >= 11 is 0. The monoisotopic (exact) mass is 130 g/mol. The third-order valence-electron chi connectivity index (χ3n) is 1.52. The zero-order valence-electron chi connectivity index (χ0n) is 5.60. The van der Waals surface area contributed by atoms with Crippen LogP contribution in [0.1, 0.15) is 5.56 Å². The van der Waals surface area contributed by atoms with E-state index in [1.165, 1.54) is 0 Å². The lowest BCUT2D eigenvalue weighted by Gasteiger charge is -1.89. The van der Waals surface area contributed by atoms with Gasteiger partial charge in [0.25, 0.3) is 0 Å². The Bertz CT molecular complexity index is 349. The number of imidazole rings is 1. The molecule has 0 bridgehead atoms. The third kappa shape index (κ3) is 0.620. The first kappa shape index (κ1) is 5.47. The second-order valence-electron chi connectivity index (χ2n) is 2.21. The third-order valence-corrected chi connectivity index (χ3v) is 1.52. The minimum atomic E-state index is 0.961. The molecule has 0 unspecified atom stereocenters. The summed E-state index contributed by atoms with van der Waals surface area (Å²) in [7, 11) is 0. The van der Waals surface area contributed by atoms with Crippen molar-refractivity contribution in [1.29, 1.82) is 0 Å². The Morgan fingerprint density at radius 2 is 2.50 bits per heavy atom. The lowest BCUT2D eigenvalue weighted by molar-refractivity contribution is 1.31. The van der Waals surface area contributed by atoms with Gasteiger partial charge in [0.1, 0.15) is 0 Å². The number of hydrogen-bond acceptors (Lipinski definition) is 1. The first-order valence-corrected chi connectivity index (χ1v) is 3.11. The van der Waals surface area contributed by atoms with E-state index in [4.69, 9.17) is 0 Å². The van der Waals surface area contributed by atoms with Crippen LogP contribution in [-0.2, 0) is 0 Å². The summed E-state index contributed by atoms with van der Waals surface area (Å²) in [4.78, 5) is 6.91. The van der Waals surface area contributed by atoms with Crippen molar-refractivity contribution in [3.8, 4) is 0 Å². The largest absolute Gasteiger partial charge is 0.335 e. The van der Waals surface area contributed by atoms with E-state index in [2.05, 4.69) is 22.4 Å². The van der Waals surface area contributed by atoms with Crippen molar-refractivity contribution >= 4 is 11.0 Å². The molecule has 1 N–H and O–H groups in total. The number of H-pyrrole nitrogens is 1. The van der Waals surface area contributed by atoms with Crippen molar-refractivity contribution in [2.45, 2.75) is 6.92 Å². The molecule has 0 aliphatic carbocycles. The maximum Gasteiger partial charge on any atom is 0.174 e. The molecule has 1 heterocycles. The molecule has 2 nitrogen and oxygen atoms in total. The van der Waals surface area contributed by atoms with Crippen LogP contribution in [-0.4, -0.2) is 9.97 Å². The second kappa shape index (κ2) is 1.84. The summed E-state index contributed by atoms with van der Waals surface area (Å²) in [6, 6.07) is 6.87. The van der Waals surface area contributed by atoms with E-state index in [0.29, 0.717) is 0 Å². The van der Waals surface area contributed by atoms with Gasteiger partial charge in [0.2, 0.25) is 0 Å². The maximum atomic E-state index is 4.01. The summed E-state index contributed by atoms with van der Waals surface area (Å²) in [5, 5.41) is 0. The molecule has 10 heavy (non-hydrogen) atoms. The van der Waals surface area contributed by atoms with E-state index in [0.717, 1.165) is 16.6 Å². The molecule has 0 amide bonds. The summed E-state index contributed by atoms with van der Waals surface area (Å²) in [5.74, 6) is 0. The van der Waals surface area contributed by atoms with Gasteiger partial charge in [0.05, 0.1) is 11.0 Å². The number of hydrogen-bond donors (Lipinski definition) is 1. The normalized spacial score (nSPS) is 10.5. The van der Waals surface area contributed by atoms with Crippen molar-refractivity contribution in [2.75, 3.05) is 0 Å². The van der Waals surface area contributed by atoms with Gasteiger partial charge in [-0.3, -0.25) is 0 Å². The van der Waals surface area contributed by atoms with Gasteiger partial charge in [0.15, 0.2) is 6.33 Å².